The number of methoxy groups -OCH3 is 1. The molecule has 4 aromatic rings. The predicted octanol–water partition coefficient (Wildman–Crippen LogP) is 11.3. The average Bonchev–Trinajstić information content (AvgIpc) is 3.90. The molecule has 0 aliphatic carbocycles. The molecule has 2 atom stereocenters. The third-order valence-electron chi connectivity index (χ3n) is 10.4. The number of ether oxygens (including phenoxy) is 3. The van der Waals surface area contributed by atoms with E-state index in [2.05, 4.69) is 5.32 Å². The summed E-state index contributed by atoms with van der Waals surface area (Å²) in [6.07, 6.45) is 5.54. The standard InChI is InChI=1S/C29H34N2O6.C16H24N2O2.C2H6.2H2/c1-6-8-21-24(35-5)15-12-19-17-22(27(33)36-25(19)21)26(32)30-20-13-10-18(11-14-20)23-9-7-16-31(23)28(34)37-29(2,3)4;1-4-16(2,3)20-15(19)18-11-5-6-14(18)12-7-9-13(17)10-8-12;1-2;;/h10-15,17,23H,6-9,16H2,1-5H3,(H,30,32);7-10,14H,4-6,11,17H2,1-3H3;1-2H3;2*1H. The highest BCUT2D eigenvalue weighted by Crippen LogP contribution is 2.35. The van der Waals surface area contributed by atoms with Crippen LogP contribution in [0.1, 0.15) is 143 Å². The zero-order valence-corrected chi connectivity index (χ0v) is 36.6. The third kappa shape index (κ3) is 12.0. The molecule has 6 rings (SSSR count). The summed E-state index contributed by atoms with van der Waals surface area (Å²) in [6, 6.07) is 20.2. The van der Waals surface area contributed by atoms with Gasteiger partial charge in [-0.1, -0.05) is 58.4 Å². The predicted molar refractivity (Wildman–Crippen MR) is 238 cm³/mol. The minimum Gasteiger partial charge on any atom is -0.496 e. The van der Waals surface area contributed by atoms with Gasteiger partial charge in [0.25, 0.3) is 5.91 Å². The molecule has 3 amide bonds. The van der Waals surface area contributed by atoms with Crippen LogP contribution in [-0.4, -0.2) is 59.3 Å². The molecule has 0 radical (unpaired) electrons. The van der Waals surface area contributed by atoms with Gasteiger partial charge in [-0.2, -0.15) is 0 Å². The Labute approximate surface area is 352 Å². The van der Waals surface area contributed by atoms with Gasteiger partial charge in [-0.05, 0) is 127 Å². The van der Waals surface area contributed by atoms with Gasteiger partial charge in [0, 0.05) is 38.3 Å². The molecule has 0 spiro atoms. The van der Waals surface area contributed by atoms with Crippen LogP contribution in [0.4, 0.5) is 21.0 Å². The lowest BCUT2D eigenvalue weighted by Crippen LogP contribution is -2.37. The number of carbonyl (C=O) groups excluding carboxylic acids is 3. The van der Waals surface area contributed by atoms with Crippen LogP contribution in [0.25, 0.3) is 11.0 Å². The van der Waals surface area contributed by atoms with E-state index < -0.39 is 22.7 Å². The lowest BCUT2D eigenvalue weighted by molar-refractivity contribution is 0.00901. The first-order valence-electron chi connectivity index (χ1n) is 20.9. The fraction of sp³-hybridized carbons (Fsp3) is 0.489. The summed E-state index contributed by atoms with van der Waals surface area (Å²) in [4.78, 5) is 54.3. The Balaban J connectivity index is 0.000000454. The van der Waals surface area contributed by atoms with Gasteiger partial charge in [0.15, 0.2) is 0 Å². The number of amides is 3. The number of benzene rings is 3. The van der Waals surface area contributed by atoms with E-state index in [1.807, 2.05) is 110 Å². The van der Waals surface area contributed by atoms with Crippen molar-refractivity contribution in [2.24, 2.45) is 0 Å². The van der Waals surface area contributed by atoms with Gasteiger partial charge < -0.3 is 39.5 Å². The van der Waals surface area contributed by atoms with Crippen LogP contribution in [0.2, 0.25) is 0 Å². The lowest BCUT2D eigenvalue weighted by atomic mass is 10.0. The van der Waals surface area contributed by atoms with Crippen molar-refractivity contribution < 1.29 is 35.9 Å². The van der Waals surface area contributed by atoms with Crippen molar-refractivity contribution in [3.05, 3.63) is 99.4 Å². The smallest absolute Gasteiger partial charge is 0.410 e. The Hall–Kier alpha value is -5.52. The molecular formula is C47H68N4O8. The van der Waals surface area contributed by atoms with Crippen LogP contribution < -0.4 is 21.4 Å². The molecule has 2 saturated heterocycles. The molecule has 1 aromatic heterocycles. The molecule has 59 heavy (non-hydrogen) atoms. The van der Waals surface area contributed by atoms with Crippen LogP contribution in [0.3, 0.4) is 0 Å². The number of likely N-dealkylation sites (tertiary alicyclic amines) is 2. The number of hydrogen-bond acceptors (Lipinski definition) is 9. The number of carbonyl (C=O) groups is 3. The number of nitrogens with one attached hydrogen (secondary N) is 1. The maximum absolute atomic E-state index is 13.0. The number of rotatable bonds is 9. The molecule has 3 heterocycles. The van der Waals surface area contributed by atoms with E-state index in [9.17, 15) is 19.2 Å². The van der Waals surface area contributed by atoms with Crippen molar-refractivity contribution in [3.8, 4) is 5.75 Å². The minimum absolute atomic E-state index is 0. The van der Waals surface area contributed by atoms with E-state index in [-0.39, 0.29) is 32.7 Å². The van der Waals surface area contributed by atoms with Gasteiger partial charge >= 0.3 is 17.8 Å². The summed E-state index contributed by atoms with van der Waals surface area (Å²) in [6.45, 7) is 18.9. The van der Waals surface area contributed by atoms with Crippen molar-refractivity contribution in [1.29, 1.82) is 0 Å². The Morgan fingerprint density at radius 2 is 1.37 bits per heavy atom. The molecule has 12 heteroatoms. The molecule has 2 aliphatic heterocycles. The maximum atomic E-state index is 13.0. The molecule has 0 bridgehead atoms. The molecule has 12 nitrogen and oxygen atoms in total. The lowest BCUT2D eigenvalue weighted by Gasteiger charge is -2.30. The SMILES string of the molecule is CC.CCC(C)(C)OC(=O)N1CCCC1c1ccc(N)cc1.CCCc1c(OC)ccc2cc(C(=O)Nc3ccc(C4CCCN4C(=O)OC(C)(C)C)cc3)c(=O)oc12.[HH].[HH]. The Kier molecular flexibility index (Phi) is 16.0. The van der Waals surface area contributed by atoms with E-state index in [0.29, 0.717) is 35.4 Å². The number of hydrogen-bond donors (Lipinski definition) is 2. The molecule has 324 valence electrons. The second-order valence-electron chi connectivity index (χ2n) is 16.3. The third-order valence-corrected chi connectivity index (χ3v) is 10.4. The topological polar surface area (TPSA) is 154 Å². The molecule has 3 N–H and O–H groups in total. The van der Waals surface area contributed by atoms with Crippen molar-refractivity contribution in [2.45, 2.75) is 131 Å². The van der Waals surface area contributed by atoms with E-state index in [1.54, 1.807) is 36.3 Å². The molecule has 0 saturated carbocycles. The quantitative estimate of drug-likeness (QED) is 0.124. The Bertz CT molecular complexity index is 2100. The van der Waals surface area contributed by atoms with Gasteiger partial charge in [-0.25, -0.2) is 14.4 Å². The van der Waals surface area contributed by atoms with Crippen LogP contribution in [0.15, 0.2) is 75.9 Å². The van der Waals surface area contributed by atoms with Gasteiger partial charge in [0.1, 0.15) is 28.1 Å². The summed E-state index contributed by atoms with van der Waals surface area (Å²) >= 11 is 0. The van der Waals surface area contributed by atoms with Crippen molar-refractivity contribution in [2.75, 3.05) is 31.2 Å². The summed E-state index contributed by atoms with van der Waals surface area (Å²) in [5, 5.41) is 3.44. The van der Waals surface area contributed by atoms with Crippen LogP contribution in [-0.2, 0) is 15.9 Å². The van der Waals surface area contributed by atoms with Crippen LogP contribution in [0.5, 0.6) is 5.75 Å². The first kappa shape index (κ1) is 46.2. The zero-order valence-electron chi connectivity index (χ0n) is 36.6. The average molecular weight is 817 g/mol. The summed E-state index contributed by atoms with van der Waals surface area (Å²) in [7, 11) is 1.58. The zero-order chi connectivity index (χ0) is 43.5. The van der Waals surface area contributed by atoms with Gasteiger partial charge in [0.05, 0.1) is 19.2 Å². The normalized spacial score (nSPS) is 16.4. The number of aryl methyl sites for hydroxylation is 1. The second kappa shape index (κ2) is 20.4. The van der Waals surface area contributed by atoms with Gasteiger partial charge in [-0.15, -0.1) is 0 Å². The van der Waals surface area contributed by atoms with Crippen molar-refractivity contribution in [1.82, 2.24) is 9.80 Å². The van der Waals surface area contributed by atoms with Gasteiger partial charge in [-0.3, -0.25) is 4.79 Å². The fourth-order valence-corrected chi connectivity index (χ4v) is 7.12. The molecular weight excluding hydrogens is 749 g/mol. The van der Waals surface area contributed by atoms with Crippen LogP contribution in [0, 0.1) is 0 Å². The highest BCUT2D eigenvalue weighted by molar-refractivity contribution is 6.05. The number of fused-ring (bicyclic) bond motifs is 1. The molecule has 2 aliphatic rings. The number of anilines is 2. The van der Waals surface area contributed by atoms with E-state index in [1.165, 1.54) is 0 Å². The monoisotopic (exact) mass is 817 g/mol. The highest BCUT2D eigenvalue weighted by atomic mass is 16.6. The number of nitrogens with zero attached hydrogens (tertiary/aromatic N) is 2. The number of nitrogens with two attached hydrogens (primary N) is 1. The Morgan fingerprint density at radius 3 is 1.88 bits per heavy atom. The van der Waals surface area contributed by atoms with E-state index in [0.717, 1.165) is 67.4 Å². The van der Waals surface area contributed by atoms with Crippen molar-refractivity contribution >= 4 is 40.4 Å². The summed E-state index contributed by atoms with van der Waals surface area (Å²) in [5.41, 5.74) is 8.60. The minimum atomic E-state index is -0.703. The highest BCUT2D eigenvalue weighted by Gasteiger charge is 2.35. The molecule has 2 unspecified atom stereocenters. The summed E-state index contributed by atoms with van der Waals surface area (Å²) in [5.74, 6) is 0.106. The first-order chi connectivity index (χ1) is 28.0. The fourth-order valence-electron chi connectivity index (χ4n) is 7.12. The van der Waals surface area contributed by atoms with Crippen LogP contribution >= 0.6 is 0 Å². The second-order valence-corrected chi connectivity index (χ2v) is 16.3. The summed E-state index contributed by atoms with van der Waals surface area (Å²) < 4.78 is 22.2. The Morgan fingerprint density at radius 1 is 0.831 bits per heavy atom. The van der Waals surface area contributed by atoms with Gasteiger partial charge in [0.2, 0.25) is 0 Å². The van der Waals surface area contributed by atoms with E-state index >= 15 is 0 Å². The largest absolute Gasteiger partial charge is 0.496 e. The maximum Gasteiger partial charge on any atom is 0.410 e. The molecule has 2 fully saturated rings. The van der Waals surface area contributed by atoms with Crippen molar-refractivity contribution in [3.63, 3.8) is 0 Å². The molecule has 3 aromatic carbocycles. The first-order valence-corrected chi connectivity index (χ1v) is 20.9. The number of nitrogen functional groups attached to an aromatic ring is 1. The van der Waals surface area contributed by atoms with E-state index in [4.69, 9.17) is 24.4 Å².